The molecular weight excluding hydrogens is 514 g/mol. The molecule has 0 radical (unpaired) electrons. The summed E-state index contributed by atoms with van der Waals surface area (Å²) < 4.78 is 6.70. The van der Waals surface area contributed by atoms with Gasteiger partial charge in [0.15, 0.2) is 0 Å². The predicted octanol–water partition coefficient (Wildman–Crippen LogP) is 6.31. The van der Waals surface area contributed by atoms with E-state index in [1.54, 1.807) is 7.11 Å². The maximum absolute atomic E-state index is 5.69. The lowest BCUT2D eigenvalue weighted by Crippen LogP contribution is -2.46. The topological polar surface area (TPSA) is 52.5 Å². The van der Waals surface area contributed by atoms with Crippen LogP contribution in [0.15, 0.2) is 81.2 Å². The molecule has 1 N–H and O–H groups in total. The molecule has 3 aromatic carbocycles. The third-order valence-corrected chi connectivity index (χ3v) is 7.20. The van der Waals surface area contributed by atoms with Gasteiger partial charge in [-0.15, -0.1) is 0 Å². The van der Waals surface area contributed by atoms with Crippen molar-refractivity contribution in [2.24, 2.45) is 9.98 Å². The molecule has 3 aromatic rings. The minimum atomic E-state index is -0.0243. The normalized spacial score (nSPS) is 20.4. The van der Waals surface area contributed by atoms with E-state index in [0.29, 0.717) is 0 Å². The van der Waals surface area contributed by atoms with Gasteiger partial charge >= 0.3 is 0 Å². The molecule has 2 atom stereocenters. The molecule has 7 heteroatoms. The predicted molar refractivity (Wildman–Crippen MR) is 152 cm³/mol. The average Bonchev–Trinajstić information content (AvgIpc) is 3.12. The SMILES string of the molecule is CCCc1cc(OC)cc(C2=NC(CC)C3N(C)NC(=Nc4ccccc4)N3c3cc(Br)ccc32)c1. The smallest absolute Gasteiger partial charge is 0.220 e. The molecule has 0 aromatic heterocycles. The number of nitrogens with zero attached hydrogens (tertiary/aromatic N) is 4. The molecule has 0 aliphatic carbocycles. The molecule has 5 rings (SSSR count). The number of hydrogen-bond acceptors (Lipinski definition) is 4. The maximum atomic E-state index is 5.69. The van der Waals surface area contributed by atoms with E-state index in [0.717, 1.165) is 63.7 Å². The summed E-state index contributed by atoms with van der Waals surface area (Å²) in [5, 5.41) is 2.13. The highest BCUT2D eigenvalue weighted by Crippen LogP contribution is 2.37. The van der Waals surface area contributed by atoms with Gasteiger partial charge in [0.2, 0.25) is 5.96 Å². The number of ether oxygens (including phenoxy) is 1. The highest BCUT2D eigenvalue weighted by Gasteiger charge is 2.43. The van der Waals surface area contributed by atoms with Gasteiger partial charge in [0.05, 0.1) is 30.2 Å². The summed E-state index contributed by atoms with van der Waals surface area (Å²) >= 11 is 3.72. The maximum Gasteiger partial charge on any atom is 0.220 e. The molecule has 2 heterocycles. The molecule has 2 unspecified atom stereocenters. The first-order chi connectivity index (χ1) is 17.5. The lowest BCUT2D eigenvalue weighted by atomic mass is 9.97. The Morgan fingerprint density at radius 2 is 1.86 bits per heavy atom. The van der Waals surface area contributed by atoms with Crippen molar-refractivity contribution < 1.29 is 4.74 Å². The first-order valence-corrected chi connectivity index (χ1v) is 13.3. The monoisotopic (exact) mass is 545 g/mol. The molecule has 186 valence electrons. The zero-order valence-corrected chi connectivity index (χ0v) is 22.8. The summed E-state index contributed by atoms with van der Waals surface area (Å²) in [6, 6.07) is 23.0. The van der Waals surface area contributed by atoms with E-state index in [1.165, 1.54) is 5.56 Å². The summed E-state index contributed by atoms with van der Waals surface area (Å²) in [4.78, 5) is 12.7. The van der Waals surface area contributed by atoms with E-state index in [9.17, 15) is 0 Å². The van der Waals surface area contributed by atoms with Crippen LogP contribution in [0.2, 0.25) is 0 Å². The number of anilines is 1. The fourth-order valence-corrected chi connectivity index (χ4v) is 5.40. The molecule has 0 bridgehead atoms. The molecule has 0 amide bonds. The zero-order chi connectivity index (χ0) is 25.2. The van der Waals surface area contributed by atoms with Crippen molar-refractivity contribution in [1.82, 2.24) is 10.4 Å². The van der Waals surface area contributed by atoms with Gasteiger partial charge in [-0.2, -0.15) is 5.01 Å². The summed E-state index contributed by atoms with van der Waals surface area (Å²) in [6.07, 6.45) is 2.93. The van der Waals surface area contributed by atoms with E-state index in [1.807, 2.05) is 30.3 Å². The number of para-hydroxylation sites is 1. The van der Waals surface area contributed by atoms with Crippen molar-refractivity contribution in [2.45, 2.75) is 45.3 Å². The minimum absolute atomic E-state index is 0.0213. The largest absolute Gasteiger partial charge is 0.497 e. The van der Waals surface area contributed by atoms with Crippen LogP contribution < -0.4 is 15.1 Å². The third kappa shape index (κ3) is 4.65. The lowest BCUT2D eigenvalue weighted by Gasteiger charge is -2.30. The van der Waals surface area contributed by atoms with Crippen LogP contribution in [0.1, 0.15) is 43.4 Å². The summed E-state index contributed by atoms with van der Waals surface area (Å²) in [7, 11) is 3.80. The quantitative estimate of drug-likeness (QED) is 0.394. The Balaban J connectivity index is 1.72. The Hall–Kier alpha value is -3.16. The van der Waals surface area contributed by atoms with E-state index < -0.39 is 0 Å². The number of rotatable bonds is 6. The fourth-order valence-electron chi connectivity index (χ4n) is 5.05. The Labute approximate surface area is 221 Å². The van der Waals surface area contributed by atoms with Crippen molar-refractivity contribution in [1.29, 1.82) is 0 Å². The number of benzene rings is 3. The van der Waals surface area contributed by atoms with Crippen LogP contribution in [0.5, 0.6) is 5.75 Å². The van der Waals surface area contributed by atoms with Gasteiger partial charge in [-0.25, -0.2) is 4.99 Å². The second kappa shape index (κ2) is 10.4. The van der Waals surface area contributed by atoms with Crippen molar-refractivity contribution in [3.05, 3.63) is 87.9 Å². The molecule has 2 aliphatic heterocycles. The Morgan fingerprint density at radius 3 is 2.58 bits per heavy atom. The van der Waals surface area contributed by atoms with Crippen molar-refractivity contribution >= 4 is 39.0 Å². The number of aryl methyl sites for hydroxylation is 1. The molecule has 36 heavy (non-hydrogen) atoms. The molecule has 6 nitrogen and oxygen atoms in total. The Bertz CT molecular complexity index is 1310. The summed E-state index contributed by atoms with van der Waals surface area (Å²) in [5.41, 5.74) is 9.88. The summed E-state index contributed by atoms with van der Waals surface area (Å²) in [5.74, 6) is 1.65. The van der Waals surface area contributed by atoms with E-state index in [-0.39, 0.29) is 12.2 Å². The van der Waals surface area contributed by atoms with Crippen LogP contribution in [-0.2, 0) is 6.42 Å². The highest BCUT2D eigenvalue weighted by atomic mass is 79.9. The van der Waals surface area contributed by atoms with Gasteiger partial charge in [-0.05, 0) is 66.9 Å². The first-order valence-electron chi connectivity index (χ1n) is 12.5. The third-order valence-electron chi connectivity index (χ3n) is 6.70. The van der Waals surface area contributed by atoms with Crippen molar-refractivity contribution in [3.63, 3.8) is 0 Å². The van der Waals surface area contributed by atoms with E-state index >= 15 is 0 Å². The van der Waals surface area contributed by atoms with Crippen LogP contribution >= 0.6 is 15.9 Å². The van der Waals surface area contributed by atoms with Gasteiger partial charge in [0.1, 0.15) is 11.9 Å². The molecule has 0 saturated carbocycles. The van der Waals surface area contributed by atoms with E-state index in [2.05, 4.69) is 88.6 Å². The lowest BCUT2D eigenvalue weighted by molar-refractivity contribution is 0.217. The first kappa shape index (κ1) is 24.5. The number of fused-ring (bicyclic) bond motifs is 3. The number of aliphatic imine (C=N–C) groups is 2. The second-order valence-electron chi connectivity index (χ2n) is 9.21. The van der Waals surface area contributed by atoms with Crippen LogP contribution in [-0.4, -0.2) is 43.0 Å². The highest BCUT2D eigenvalue weighted by molar-refractivity contribution is 9.10. The Morgan fingerprint density at radius 1 is 1.06 bits per heavy atom. The number of guanidine groups is 1. The number of hydrazine groups is 1. The van der Waals surface area contributed by atoms with Gasteiger partial charge < -0.3 is 4.74 Å². The second-order valence-corrected chi connectivity index (χ2v) is 10.1. The number of hydrogen-bond donors (Lipinski definition) is 1. The van der Waals surface area contributed by atoms with Crippen molar-refractivity contribution in [2.75, 3.05) is 19.1 Å². The van der Waals surface area contributed by atoms with Crippen molar-refractivity contribution in [3.8, 4) is 5.75 Å². The molecule has 2 aliphatic rings. The number of methoxy groups -OCH3 is 1. The minimum Gasteiger partial charge on any atom is -0.497 e. The molecule has 1 fully saturated rings. The fraction of sp³-hybridized carbons (Fsp3) is 0.310. The van der Waals surface area contributed by atoms with Gasteiger partial charge in [0.25, 0.3) is 0 Å². The average molecular weight is 547 g/mol. The number of likely N-dealkylation sites (N-methyl/N-ethyl adjacent to an activating group) is 1. The Kier molecular flexibility index (Phi) is 7.12. The molecular formula is C29H32BrN5O. The summed E-state index contributed by atoms with van der Waals surface area (Å²) in [6.45, 7) is 4.40. The van der Waals surface area contributed by atoms with Gasteiger partial charge in [-0.3, -0.25) is 15.3 Å². The van der Waals surface area contributed by atoms with Crippen LogP contribution in [0.3, 0.4) is 0 Å². The molecule has 1 saturated heterocycles. The number of halogens is 1. The molecule has 0 spiro atoms. The standard InChI is InChI=1S/C29H32BrN5O/c1-5-10-19-15-20(17-23(16-19)36-4)27-24-14-13-21(30)18-26(24)35-28(25(6-2)32-27)34(3)33-29(35)31-22-11-8-7-9-12-22/h7-9,11-18,25,28H,5-6,10H2,1-4H3,(H,31,33). The van der Waals surface area contributed by atoms with E-state index in [4.69, 9.17) is 14.7 Å². The van der Waals surface area contributed by atoms with Crippen LogP contribution in [0.4, 0.5) is 11.4 Å². The van der Waals surface area contributed by atoms with Crippen LogP contribution in [0, 0.1) is 0 Å². The van der Waals surface area contributed by atoms with Gasteiger partial charge in [0, 0.05) is 22.6 Å². The van der Waals surface area contributed by atoms with Crippen LogP contribution in [0.25, 0.3) is 0 Å². The number of nitrogens with one attached hydrogen (secondary N) is 1. The zero-order valence-electron chi connectivity index (χ0n) is 21.2. The van der Waals surface area contributed by atoms with Gasteiger partial charge in [-0.1, -0.05) is 54.4 Å².